The normalized spacial score (nSPS) is 24.2. The van der Waals surface area contributed by atoms with Crippen LogP contribution in [0, 0.1) is 6.57 Å². The molecule has 0 radical (unpaired) electrons. The van der Waals surface area contributed by atoms with Crippen LogP contribution in [0.2, 0.25) is 5.02 Å². The summed E-state index contributed by atoms with van der Waals surface area (Å²) in [7, 11) is 0. The van der Waals surface area contributed by atoms with E-state index in [2.05, 4.69) is 14.6 Å². The number of aliphatic hydroxyl groups excluding tert-OH is 1. The summed E-state index contributed by atoms with van der Waals surface area (Å²) in [6.07, 6.45) is -0.678. The summed E-state index contributed by atoms with van der Waals surface area (Å²) in [5.41, 5.74) is 1.94. The first-order valence-electron chi connectivity index (χ1n) is 9.52. The zero-order valence-electron chi connectivity index (χ0n) is 16.1. The molecule has 5 nitrogen and oxygen atoms in total. The molecule has 0 aromatic heterocycles. The van der Waals surface area contributed by atoms with Gasteiger partial charge in [0.15, 0.2) is 5.69 Å². The fourth-order valence-corrected chi connectivity index (χ4v) is 4.26. The standard InChI is InChI=1S/C22H24ClN3O2/c1-22(2)21(27)20(18-14-16(24-3)6-9-19(18)28-22)26-12-10-25(11-13-26)17-7-4-15(23)5-8-17/h4-9,14,20-21,27H,10-13H2,1-2H3/t20-,21+/m1/s1. The van der Waals surface area contributed by atoms with Gasteiger partial charge in [-0.25, -0.2) is 4.85 Å². The van der Waals surface area contributed by atoms with Crippen LogP contribution in [0.3, 0.4) is 0 Å². The van der Waals surface area contributed by atoms with E-state index < -0.39 is 11.7 Å². The van der Waals surface area contributed by atoms with Crippen molar-refractivity contribution in [2.24, 2.45) is 0 Å². The zero-order chi connectivity index (χ0) is 19.9. The Kier molecular flexibility index (Phi) is 4.96. The molecule has 0 saturated carbocycles. The van der Waals surface area contributed by atoms with Gasteiger partial charge in [-0.15, -0.1) is 0 Å². The Morgan fingerprint density at radius 2 is 1.79 bits per heavy atom. The van der Waals surface area contributed by atoms with Crippen molar-refractivity contribution in [3.05, 3.63) is 64.5 Å². The molecule has 1 fully saturated rings. The van der Waals surface area contributed by atoms with Crippen molar-refractivity contribution in [2.75, 3.05) is 31.1 Å². The van der Waals surface area contributed by atoms with Crippen LogP contribution in [0.1, 0.15) is 25.5 Å². The Balaban J connectivity index is 1.58. The minimum Gasteiger partial charge on any atom is -0.485 e. The number of halogens is 1. The number of rotatable bonds is 2. The highest BCUT2D eigenvalue weighted by Gasteiger charge is 2.45. The van der Waals surface area contributed by atoms with Crippen LogP contribution in [-0.2, 0) is 0 Å². The van der Waals surface area contributed by atoms with Gasteiger partial charge in [0, 0.05) is 42.5 Å². The molecule has 2 aliphatic heterocycles. The first-order chi connectivity index (χ1) is 13.4. The molecule has 4 rings (SSSR count). The van der Waals surface area contributed by atoms with E-state index >= 15 is 0 Å². The predicted octanol–water partition coefficient (Wildman–Crippen LogP) is 4.29. The lowest BCUT2D eigenvalue weighted by Gasteiger charge is -2.48. The van der Waals surface area contributed by atoms with Crippen LogP contribution in [0.25, 0.3) is 4.85 Å². The molecule has 0 unspecified atom stereocenters. The van der Waals surface area contributed by atoms with E-state index in [-0.39, 0.29) is 6.04 Å². The number of fused-ring (bicyclic) bond motifs is 1. The third kappa shape index (κ3) is 3.44. The highest BCUT2D eigenvalue weighted by molar-refractivity contribution is 6.30. The van der Waals surface area contributed by atoms with Crippen LogP contribution in [0.4, 0.5) is 11.4 Å². The van der Waals surface area contributed by atoms with Crippen molar-refractivity contribution in [1.82, 2.24) is 4.90 Å². The van der Waals surface area contributed by atoms with Gasteiger partial charge in [0.2, 0.25) is 0 Å². The summed E-state index contributed by atoms with van der Waals surface area (Å²) in [4.78, 5) is 8.20. The maximum atomic E-state index is 11.1. The van der Waals surface area contributed by atoms with Gasteiger partial charge in [0.05, 0.1) is 12.6 Å². The molecule has 0 aliphatic carbocycles. The second-order valence-corrected chi connectivity index (χ2v) is 8.36. The van der Waals surface area contributed by atoms with Gasteiger partial charge in [-0.2, -0.15) is 0 Å². The molecule has 6 heteroatoms. The number of benzene rings is 2. The van der Waals surface area contributed by atoms with E-state index in [1.165, 1.54) is 0 Å². The van der Waals surface area contributed by atoms with Crippen LogP contribution in [0.5, 0.6) is 5.75 Å². The van der Waals surface area contributed by atoms with Crippen LogP contribution in [0.15, 0.2) is 42.5 Å². The van der Waals surface area contributed by atoms with Gasteiger partial charge in [-0.05, 0) is 50.2 Å². The van der Waals surface area contributed by atoms with Gasteiger partial charge in [0.25, 0.3) is 0 Å². The van der Waals surface area contributed by atoms with Crippen molar-refractivity contribution in [3.63, 3.8) is 0 Å². The zero-order valence-corrected chi connectivity index (χ0v) is 16.9. The first kappa shape index (κ1) is 19.1. The molecule has 1 saturated heterocycles. The van der Waals surface area contributed by atoms with Crippen LogP contribution >= 0.6 is 11.6 Å². The minimum atomic E-state index is -0.690. The van der Waals surface area contributed by atoms with Crippen molar-refractivity contribution >= 4 is 23.0 Å². The monoisotopic (exact) mass is 397 g/mol. The van der Waals surface area contributed by atoms with Gasteiger partial charge in [-0.3, -0.25) is 4.90 Å². The minimum absolute atomic E-state index is 0.187. The quantitative estimate of drug-likeness (QED) is 0.767. The molecule has 2 aromatic rings. The first-order valence-corrected chi connectivity index (χ1v) is 9.90. The number of piperazine rings is 1. The smallest absolute Gasteiger partial charge is 0.187 e. The average Bonchev–Trinajstić information content (AvgIpc) is 2.69. The maximum absolute atomic E-state index is 11.1. The molecule has 146 valence electrons. The fourth-order valence-electron chi connectivity index (χ4n) is 4.13. The number of hydrogen-bond acceptors (Lipinski definition) is 4. The Hall–Kier alpha value is -2.26. The van der Waals surface area contributed by atoms with E-state index in [4.69, 9.17) is 22.9 Å². The molecular weight excluding hydrogens is 374 g/mol. The molecule has 1 N–H and O–H groups in total. The largest absolute Gasteiger partial charge is 0.485 e. The van der Waals surface area contributed by atoms with E-state index in [1.807, 2.05) is 50.2 Å². The maximum Gasteiger partial charge on any atom is 0.187 e. The topological polar surface area (TPSA) is 40.3 Å². The molecule has 2 aliphatic rings. The summed E-state index contributed by atoms with van der Waals surface area (Å²) in [5.74, 6) is 0.757. The second-order valence-electron chi connectivity index (χ2n) is 7.93. The van der Waals surface area contributed by atoms with E-state index in [0.29, 0.717) is 5.69 Å². The number of hydrogen-bond donors (Lipinski definition) is 1. The van der Waals surface area contributed by atoms with E-state index in [9.17, 15) is 5.11 Å². The Morgan fingerprint density at radius 1 is 1.11 bits per heavy atom. The summed E-state index contributed by atoms with van der Waals surface area (Å²) in [5, 5.41) is 11.8. The van der Waals surface area contributed by atoms with E-state index in [0.717, 1.165) is 48.2 Å². The number of nitrogens with zero attached hydrogens (tertiary/aromatic N) is 3. The van der Waals surface area contributed by atoms with Gasteiger partial charge >= 0.3 is 0 Å². The van der Waals surface area contributed by atoms with Gasteiger partial charge < -0.3 is 14.7 Å². The molecule has 2 atom stereocenters. The van der Waals surface area contributed by atoms with Gasteiger partial charge in [0.1, 0.15) is 17.5 Å². The van der Waals surface area contributed by atoms with Crippen LogP contribution in [-0.4, -0.2) is 47.9 Å². The highest BCUT2D eigenvalue weighted by atomic mass is 35.5. The van der Waals surface area contributed by atoms with Gasteiger partial charge in [-0.1, -0.05) is 17.7 Å². The Morgan fingerprint density at radius 3 is 2.43 bits per heavy atom. The second kappa shape index (κ2) is 7.29. The summed E-state index contributed by atoms with van der Waals surface area (Å²) < 4.78 is 6.05. The molecule has 2 heterocycles. The van der Waals surface area contributed by atoms with E-state index in [1.54, 1.807) is 6.07 Å². The van der Waals surface area contributed by atoms with Crippen molar-refractivity contribution in [1.29, 1.82) is 0 Å². The summed E-state index contributed by atoms with van der Waals surface area (Å²) in [6, 6.07) is 13.2. The van der Waals surface area contributed by atoms with Crippen LogP contribution < -0.4 is 9.64 Å². The average molecular weight is 398 g/mol. The lowest BCUT2D eigenvalue weighted by molar-refractivity contribution is -0.0941. The predicted molar refractivity (Wildman–Crippen MR) is 111 cm³/mol. The highest BCUT2D eigenvalue weighted by Crippen LogP contribution is 2.44. The number of anilines is 1. The molecule has 2 aromatic carbocycles. The summed E-state index contributed by atoms with van der Waals surface area (Å²) >= 11 is 6.00. The molecule has 28 heavy (non-hydrogen) atoms. The lowest BCUT2D eigenvalue weighted by Crippen LogP contribution is -2.57. The Labute approximate surface area is 170 Å². The number of aliphatic hydroxyl groups is 1. The molecule has 0 bridgehead atoms. The van der Waals surface area contributed by atoms with Crippen molar-refractivity contribution in [3.8, 4) is 5.75 Å². The SMILES string of the molecule is [C-]#[N+]c1ccc2c(c1)[C@@H](N1CCN(c3ccc(Cl)cc3)CC1)[C@H](O)C(C)(C)O2. The third-order valence-corrected chi connectivity index (χ3v) is 5.98. The third-order valence-electron chi connectivity index (χ3n) is 5.72. The number of ether oxygens (including phenoxy) is 1. The molecular formula is C22H24ClN3O2. The molecule has 0 amide bonds. The molecule has 0 spiro atoms. The van der Waals surface area contributed by atoms with Crippen molar-refractivity contribution < 1.29 is 9.84 Å². The fraction of sp³-hybridized carbons (Fsp3) is 0.409. The Bertz CT molecular complexity index is 899. The summed E-state index contributed by atoms with van der Waals surface area (Å²) in [6.45, 7) is 14.5. The lowest BCUT2D eigenvalue weighted by atomic mass is 9.85. The van der Waals surface area contributed by atoms with Crippen molar-refractivity contribution in [2.45, 2.75) is 31.6 Å².